The van der Waals surface area contributed by atoms with E-state index in [0.29, 0.717) is 48.7 Å². The largest absolute Gasteiger partial charge is 0.416 e. The number of halogens is 3. The number of carbonyl (C=O) groups excluding carboxylic acids is 1. The highest BCUT2D eigenvalue weighted by molar-refractivity contribution is 5.79. The number of nitrogens with zero attached hydrogens (tertiary/aromatic N) is 3. The van der Waals surface area contributed by atoms with Crippen LogP contribution in [0.4, 0.5) is 18.9 Å². The van der Waals surface area contributed by atoms with Crippen molar-refractivity contribution in [3.8, 4) is 0 Å². The molecule has 1 saturated heterocycles. The standard InChI is InChI=1S/C23H23F3N4O3/c1-15-28-20-5-3-2-4-18(20)22(32)30(15)14-21(31)27-13-16-6-7-17(12-19(16)23(24,25)26)29-8-10-33-11-9-29/h2-7,12H,8-11,13-14H2,1H3,(H,27,31). The monoisotopic (exact) mass is 460 g/mol. The van der Waals surface area contributed by atoms with Gasteiger partial charge in [0, 0.05) is 25.3 Å². The fourth-order valence-corrected chi connectivity index (χ4v) is 3.86. The molecule has 3 aromatic rings. The maximum Gasteiger partial charge on any atom is 0.416 e. The van der Waals surface area contributed by atoms with Gasteiger partial charge in [0.15, 0.2) is 0 Å². The number of anilines is 1. The van der Waals surface area contributed by atoms with Crippen molar-refractivity contribution >= 4 is 22.5 Å². The van der Waals surface area contributed by atoms with Crippen molar-refractivity contribution in [1.29, 1.82) is 0 Å². The molecular formula is C23H23F3N4O3. The van der Waals surface area contributed by atoms with Crippen LogP contribution in [-0.4, -0.2) is 41.8 Å². The Kier molecular flexibility index (Phi) is 6.37. The van der Waals surface area contributed by atoms with E-state index in [1.807, 2.05) is 4.90 Å². The Bertz CT molecular complexity index is 1230. The minimum Gasteiger partial charge on any atom is -0.378 e. The number of aryl methyl sites for hydroxylation is 1. The number of ether oxygens (including phenoxy) is 1. The fraction of sp³-hybridized carbons (Fsp3) is 0.348. The van der Waals surface area contributed by atoms with E-state index in [-0.39, 0.29) is 24.2 Å². The smallest absolute Gasteiger partial charge is 0.378 e. The summed E-state index contributed by atoms with van der Waals surface area (Å²) in [6.07, 6.45) is -4.57. The highest BCUT2D eigenvalue weighted by atomic mass is 19.4. The molecule has 2 heterocycles. The SMILES string of the molecule is Cc1nc2ccccc2c(=O)n1CC(=O)NCc1ccc(N2CCOCC2)cc1C(F)(F)F. The van der Waals surface area contributed by atoms with Gasteiger partial charge in [-0.05, 0) is 36.8 Å². The fourth-order valence-electron chi connectivity index (χ4n) is 3.86. The van der Waals surface area contributed by atoms with Crippen LogP contribution >= 0.6 is 0 Å². The number of benzene rings is 2. The zero-order chi connectivity index (χ0) is 23.6. The van der Waals surface area contributed by atoms with E-state index >= 15 is 0 Å². The topological polar surface area (TPSA) is 76.5 Å². The molecule has 0 bridgehead atoms. The van der Waals surface area contributed by atoms with Crippen molar-refractivity contribution in [3.63, 3.8) is 0 Å². The number of para-hydroxylation sites is 1. The molecule has 1 amide bonds. The van der Waals surface area contributed by atoms with Crippen LogP contribution in [0.15, 0.2) is 47.3 Å². The summed E-state index contributed by atoms with van der Waals surface area (Å²) in [6, 6.07) is 10.9. The molecule has 1 aliphatic rings. The molecular weight excluding hydrogens is 437 g/mol. The summed E-state index contributed by atoms with van der Waals surface area (Å²) in [5.41, 5.74) is -0.239. The second kappa shape index (κ2) is 9.22. The molecule has 0 spiro atoms. The third kappa shape index (κ3) is 5.00. The van der Waals surface area contributed by atoms with Crippen LogP contribution < -0.4 is 15.8 Å². The van der Waals surface area contributed by atoms with Crippen LogP contribution in [0.5, 0.6) is 0 Å². The first kappa shape index (κ1) is 22.8. The number of aromatic nitrogens is 2. The van der Waals surface area contributed by atoms with Gasteiger partial charge in [0.05, 0.1) is 29.7 Å². The Morgan fingerprint density at radius 3 is 2.61 bits per heavy atom. The van der Waals surface area contributed by atoms with E-state index < -0.39 is 17.6 Å². The lowest BCUT2D eigenvalue weighted by Gasteiger charge is -2.29. The highest BCUT2D eigenvalue weighted by Crippen LogP contribution is 2.35. The van der Waals surface area contributed by atoms with Gasteiger partial charge < -0.3 is 15.0 Å². The lowest BCUT2D eigenvalue weighted by Crippen LogP contribution is -2.36. The maximum absolute atomic E-state index is 13.7. The number of hydrogen-bond acceptors (Lipinski definition) is 5. The lowest BCUT2D eigenvalue weighted by molar-refractivity contribution is -0.138. The zero-order valence-electron chi connectivity index (χ0n) is 18.0. The second-order valence-corrected chi connectivity index (χ2v) is 7.78. The predicted molar refractivity (Wildman–Crippen MR) is 117 cm³/mol. The number of amides is 1. The summed E-state index contributed by atoms with van der Waals surface area (Å²) in [5, 5.41) is 2.87. The first-order chi connectivity index (χ1) is 15.7. The van der Waals surface area contributed by atoms with E-state index in [4.69, 9.17) is 4.74 Å². The van der Waals surface area contributed by atoms with Crippen molar-refractivity contribution < 1.29 is 22.7 Å². The first-order valence-corrected chi connectivity index (χ1v) is 10.5. The molecule has 0 saturated carbocycles. The molecule has 1 aromatic heterocycles. The zero-order valence-corrected chi connectivity index (χ0v) is 18.0. The first-order valence-electron chi connectivity index (χ1n) is 10.5. The Balaban J connectivity index is 1.51. The molecule has 1 aliphatic heterocycles. The van der Waals surface area contributed by atoms with Gasteiger partial charge in [0.25, 0.3) is 5.56 Å². The Labute approximate surface area is 187 Å². The summed E-state index contributed by atoms with van der Waals surface area (Å²) in [4.78, 5) is 31.4. The van der Waals surface area contributed by atoms with E-state index in [9.17, 15) is 22.8 Å². The van der Waals surface area contributed by atoms with E-state index in [0.717, 1.165) is 6.07 Å². The summed E-state index contributed by atoms with van der Waals surface area (Å²) in [6.45, 7) is 2.90. The highest BCUT2D eigenvalue weighted by Gasteiger charge is 2.34. The van der Waals surface area contributed by atoms with Gasteiger partial charge in [0.2, 0.25) is 5.91 Å². The molecule has 4 rings (SSSR count). The Morgan fingerprint density at radius 1 is 1.15 bits per heavy atom. The normalized spacial score (nSPS) is 14.5. The van der Waals surface area contributed by atoms with Crippen LogP contribution in [0.2, 0.25) is 0 Å². The quantitative estimate of drug-likeness (QED) is 0.634. The molecule has 7 nitrogen and oxygen atoms in total. The minimum absolute atomic E-state index is 0.0476. The van der Waals surface area contributed by atoms with E-state index in [2.05, 4.69) is 10.3 Å². The molecule has 1 fully saturated rings. The molecule has 0 unspecified atom stereocenters. The number of fused-ring (bicyclic) bond motifs is 1. The van der Waals surface area contributed by atoms with Gasteiger partial charge >= 0.3 is 6.18 Å². The van der Waals surface area contributed by atoms with Crippen molar-refractivity contribution in [3.05, 3.63) is 69.8 Å². The lowest BCUT2D eigenvalue weighted by atomic mass is 10.0. The van der Waals surface area contributed by atoms with Gasteiger partial charge in [-0.1, -0.05) is 18.2 Å². The van der Waals surface area contributed by atoms with Gasteiger partial charge in [-0.15, -0.1) is 0 Å². The van der Waals surface area contributed by atoms with E-state index in [1.165, 1.54) is 10.6 Å². The van der Waals surface area contributed by atoms with Gasteiger partial charge in [-0.3, -0.25) is 14.2 Å². The summed E-state index contributed by atoms with van der Waals surface area (Å²) in [7, 11) is 0. The van der Waals surface area contributed by atoms with Crippen molar-refractivity contribution in [2.45, 2.75) is 26.2 Å². The number of nitrogens with one attached hydrogen (secondary N) is 1. The molecule has 33 heavy (non-hydrogen) atoms. The average Bonchev–Trinajstić information content (AvgIpc) is 2.80. The van der Waals surface area contributed by atoms with Crippen molar-refractivity contribution in [2.75, 3.05) is 31.2 Å². The molecule has 0 aliphatic carbocycles. The molecule has 10 heteroatoms. The van der Waals surface area contributed by atoms with Crippen LogP contribution in [0, 0.1) is 6.92 Å². The van der Waals surface area contributed by atoms with Gasteiger partial charge in [0.1, 0.15) is 12.4 Å². The van der Waals surface area contributed by atoms with Crippen LogP contribution in [0.3, 0.4) is 0 Å². The number of alkyl halides is 3. The number of carbonyl (C=O) groups is 1. The third-order valence-corrected chi connectivity index (χ3v) is 5.61. The van der Waals surface area contributed by atoms with Gasteiger partial charge in [-0.25, -0.2) is 4.98 Å². The molecule has 0 radical (unpaired) electrons. The third-order valence-electron chi connectivity index (χ3n) is 5.61. The molecule has 2 aromatic carbocycles. The number of hydrogen-bond donors (Lipinski definition) is 1. The Morgan fingerprint density at radius 2 is 1.88 bits per heavy atom. The Hall–Kier alpha value is -3.40. The van der Waals surface area contributed by atoms with Crippen molar-refractivity contribution in [1.82, 2.24) is 14.9 Å². The van der Waals surface area contributed by atoms with Gasteiger partial charge in [-0.2, -0.15) is 13.2 Å². The number of rotatable bonds is 5. The number of morpholine rings is 1. The molecule has 174 valence electrons. The molecule has 1 N–H and O–H groups in total. The molecule has 0 atom stereocenters. The minimum atomic E-state index is -4.57. The van der Waals surface area contributed by atoms with E-state index in [1.54, 1.807) is 37.3 Å². The average molecular weight is 460 g/mol. The predicted octanol–water partition coefficient (Wildman–Crippen LogP) is 2.88. The van der Waals surface area contributed by atoms with Crippen LogP contribution in [0.1, 0.15) is 17.0 Å². The van der Waals surface area contributed by atoms with Crippen LogP contribution in [-0.2, 0) is 28.8 Å². The second-order valence-electron chi connectivity index (χ2n) is 7.78. The summed E-state index contributed by atoms with van der Waals surface area (Å²) < 4.78 is 47.6. The summed E-state index contributed by atoms with van der Waals surface area (Å²) in [5.74, 6) is -0.234. The summed E-state index contributed by atoms with van der Waals surface area (Å²) >= 11 is 0. The maximum atomic E-state index is 13.7. The van der Waals surface area contributed by atoms with Crippen molar-refractivity contribution in [2.24, 2.45) is 0 Å². The van der Waals surface area contributed by atoms with Crippen LogP contribution in [0.25, 0.3) is 10.9 Å².